The zero-order valence-electron chi connectivity index (χ0n) is 37.1. The number of aliphatic carboxylic acids is 7. The lowest BCUT2D eigenvalue weighted by atomic mass is 9.55. The first-order valence-corrected chi connectivity index (χ1v) is 21.3. The second-order valence-corrected chi connectivity index (χ2v) is 19.5. The number of carboxylic acid groups (broad SMARTS) is 7. The van der Waals surface area contributed by atoms with Gasteiger partial charge in [-0.25, -0.2) is 0 Å². The largest absolute Gasteiger partial charge is 0.481 e. The second kappa shape index (κ2) is 17.1. The Hall–Kier alpha value is -5.68. The Morgan fingerprint density at radius 2 is 1.16 bits per heavy atom. The van der Waals surface area contributed by atoms with Crippen molar-refractivity contribution in [1.29, 1.82) is 0 Å². The molecule has 5 rings (SSSR count). The lowest BCUT2D eigenvalue weighted by molar-refractivity contribution is -0.143. The van der Waals surface area contributed by atoms with E-state index in [-0.39, 0.29) is 44.2 Å². The summed E-state index contributed by atoms with van der Waals surface area (Å²) in [5.41, 5.74) is -3.60. The summed E-state index contributed by atoms with van der Waals surface area (Å²) in [5, 5.41) is 75.1. The fourth-order valence-corrected chi connectivity index (χ4v) is 11.8. The van der Waals surface area contributed by atoms with Gasteiger partial charge in [0.2, 0.25) is 0 Å². The highest BCUT2D eigenvalue weighted by Gasteiger charge is 2.66. The third-order valence-electron chi connectivity index (χ3n) is 15.3. The van der Waals surface area contributed by atoms with Crippen LogP contribution in [0.2, 0.25) is 0 Å². The van der Waals surface area contributed by atoms with Crippen LogP contribution in [0.4, 0.5) is 0 Å². The average Bonchev–Trinajstić information content (AvgIpc) is 3.75. The number of carbonyl (C=O) groups is 7. The molecule has 1 fully saturated rings. The summed E-state index contributed by atoms with van der Waals surface area (Å²) in [4.78, 5) is 104. The van der Waals surface area contributed by atoms with Gasteiger partial charge in [0.25, 0.3) is 0 Å². The molecule has 0 aromatic carbocycles. The summed E-state index contributed by atoms with van der Waals surface area (Å²) in [6, 6.07) is -1.15. The molecule has 344 valence electrons. The van der Waals surface area contributed by atoms with Crippen LogP contribution in [0.3, 0.4) is 0 Å². The maximum Gasteiger partial charge on any atom is 0.304 e. The number of nitrogens with one attached hydrogen (secondary N) is 1. The highest BCUT2D eigenvalue weighted by atomic mass is 16.4. The van der Waals surface area contributed by atoms with E-state index in [1.807, 2.05) is 13.8 Å². The number of allylic oxidation sites excluding steroid dienone is 6. The van der Waals surface area contributed by atoms with Crippen molar-refractivity contribution in [2.45, 2.75) is 138 Å². The van der Waals surface area contributed by atoms with E-state index < -0.39 is 131 Å². The van der Waals surface area contributed by atoms with Crippen molar-refractivity contribution >= 4 is 58.9 Å². The Labute approximate surface area is 365 Å². The first-order chi connectivity index (χ1) is 29.0. The highest BCUT2D eigenvalue weighted by molar-refractivity contribution is 6.10. The van der Waals surface area contributed by atoms with Crippen molar-refractivity contribution < 1.29 is 69.3 Å². The number of hydrogen-bond donors (Lipinski definition) is 8. The van der Waals surface area contributed by atoms with Crippen LogP contribution in [0.5, 0.6) is 0 Å². The SMILES string of the molecule is CC1=C2N/C(=C\C3=NC(=C(/C)C4=N[C@@H]([C@@H](CC(=O)O)[C@]4(C)CCC(=O)O)[C@@]4(C)N=C1[C@H](CCC(=O)O)[C@@]4(C)CC(=O)O)/[C@H](CCC(=O)O)C3(C)C)[C@H](CCC(=O)O)[C@@]2(C)CC(=O)O. The van der Waals surface area contributed by atoms with Crippen molar-refractivity contribution in [3.05, 3.63) is 34.3 Å². The molecule has 0 saturated carbocycles. The summed E-state index contributed by atoms with van der Waals surface area (Å²) >= 11 is 0. The maximum atomic E-state index is 13.1. The molecule has 9 atom stereocenters. The Kier molecular flexibility index (Phi) is 13.1. The minimum atomic E-state index is -1.63. The molecule has 0 radical (unpaired) electrons. The topological polar surface area (TPSA) is 310 Å². The van der Waals surface area contributed by atoms with Gasteiger partial charge in [0, 0.05) is 105 Å². The predicted molar refractivity (Wildman–Crippen MR) is 227 cm³/mol. The van der Waals surface area contributed by atoms with Gasteiger partial charge >= 0.3 is 41.8 Å². The minimum absolute atomic E-state index is 0.0202. The summed E-state index contributed by atoms with van der Waals surface area (Å²) in [5.74, 6) is -11.5. The molecule has 8 N–H and O–H groups in total. The van der Waals surface area contributed by atoms with Gasteiger partial charge in [-0.2, -0.15) is 0 Å². The average molecular weight is 881 g/mol. The minimum Gasteiger partial charge on any atom is -0.481 e. The van der Waals surface area contributed by atoms with Gasteiger partial charge in [-0.3, -0.25) is 48.5 Å². The molecule has 1 saturated heterocycles. The van der Waals surface area contributed by atoms with E-state index in [0.717, 1.165) is 0 Å². The summed E-state index contributed by atoms with van der Waals surface area (Å²) in [6.45, 7) is 13.9. The second-order valence-electron chi connectivity index (χ2n) is 19.5. The fourth-order valence-electron chi connectivity index (χ4n) is 11.8. The number of rotatable bonds is 18. The standard InChI is InChI=1S/C45H60N4O14/c1-21-36-24(10-13-30(52)53)41(3,4)28(47-36)18-27-23(9-12-29(50)51)43(6,19-34(60)61)39(46-27)22(2)37-25(11-14-31(54)55)44(7,20-35(62)63)45(8,49-37)40-26(17-33(58)59)42(5,38(21)48-40)16-15-32(56)57/h18,23-26,40,46H,9-17,19-20H2,1-8H3,(H,50,51)(H,52,53)(H,54,55)(H,56,57)(H,58,59)(H,60,61)(H,62,63)/b27-18-,36-21-,39-22?/t23-,24-,25-,26+,40-,42-,43+,44+,45+/m0/s1. The molecule has 18 nitrogen and oxygen atoms in total. The van der Waals surface area contributed by atoms with Gasteiger partial charge in [0.05, 0.1) is 30.8 Å². The summed E-state index contributed by atoms with van der Waals surface area (Å²) in [7, 11) is 0. The zero-order chi connectivity index (χ0) is 47.4. The highest BCUT2D eigenvalue weighted by Crippen LogP contribution is 2.62. The van der Waals surface area contributed by atoms with Crippen molar-refractivity contribution in [1.82, 2.24) is 5.32 Å². The molecule has 0 spiro atoms. The summed E-state index contributed by atoms with van der Waals surface area (Å²) < 4.78 is 0. The molecule has 0 aliphatic carbocycles. The Morgan fingerprint density at radius 3 is 1.67 bits per heavy atom. The molecule has 18 heteroatoms. The van der Waals surface area contributed by atoms with Crippen LogP contribution in [0, 0.1) is 45.3 Å². The van der Waals surface area contributed by atoms with Crippen molar-refractivity contribution in [2.24, 2.45) is 60.3 Å². The molecular formula is C45H60N4O14. The molecule has 0 aromatic rings. The van der Waals surface area contributed by atoms with Gasteiger partial charge in [-0.1, -0.05) is 34.6 Å². The normalized spacial score (nSPS) is 35.0. The van der Waals surface area contributed by atoms with E-state index in [4.69, 9.17) is 15.0 Å². The van der Waals surface area contributed by atoms with Crippen LogP contribution < -0.4 is 5.32 Å². The molecule has 63 heavy (non-hydrogen) atoms. The number of nitrogens with zero attached hydrogens (tertiary/aromatic N) is 3. The third kappa shape index (κ3) is 8.56. The van der Waals surface area contributed by atoms with Crippen molar-refractivity contribution in [3.63, 3.8) is 0 Å². The Bertz CT molecular complexity index is 2220. The van der Waals surface area contributed by atoms with Crippen LogP contribution in [0.25, 0.3) is 0 Å². The van der Waals surface area contributed by atoms with E-state index in [9.17, 15) is 69.3 Å². The summed E-state index contributed by atoms with van der Waals surface area (Å²) in [6.07, 6.45) is -1.45. The molecule has 0 amide bonds. The van der Waals surface area contributed by atoms with Crippen LogP contribution in [-0.2, 0) is 33.6 Å². The number of fused-ring (bicyclic) bond motifs is 6. The molecule has 5 heterocycles. The van der Waals surface area contributed by atoms with E-state index in [1.165, 1.54) is 0 Å². The lowest BCUT2D eigenvalue weighted by Crippen LogP contribution is -2.55. The predicted octanol–water partition coefficient (Wildman–Crippen LogP) is 5.92. The molecule has 8 bridgehead atoms. The zero-order valence-corrected chi connectivity index (χ0v) is 37.1. The Morgan fingerprint density at radius 1 is 0.635 bits per heavy atom. The van der Waals surface area contributed by atoms with Crippen LogP contribution in [0.1, 0.15) is 126 Å². The van der Waals surface area contributed by atoms with Crippen LogP contribution in [0.15, 0.2) is 49.3 Å². The van der Waals surface area contributed by atoms with Crippen LogP contribution in [-0.4, -0.2) is 106 Å². The van der Waals surface area contributed by atoms with Gasteiger partial charge in [0.15, 0.2) is 0 Å². The Balaban J connectivity index is 2.03. The fraction of sp³-hybridized carbons (Fsp3) is 0.644. The smallest absolute Gasteiger partial charge is 0.304 e. The molecule has 5 aliphatic rings. The van der Waals surface area contributed by atoms with Crippen LogP contribution >= 0.6 is 0 Å². The third-order valence-corrected chi connectivity index (χ3v) is 15.3. The van der Waals surface area contributed by atoms with E-state index in [0.29, 0.717) is 39.7 Å². The molecule has 0 aromatic heterocycles. The number of carboxylic acids is 7. The van der Waals surface area contributed by atoms with E-state index in [2.05, 4.69) is 5.32 Å². The van der Waals surface area contributed by atoms with Gasteiger partial charge in [0.1, 0.15) is 0 Å². The van der Waals surface area contributed by atoms with Gasteiger partial charge in [-0.05, 0) is 63.7 Å². The molecular weight excluding hydrogens is 821 g/mol. The van der Waals surface area contributed by atoms with E-state index >= 15 is 0 Å². The first-order valence-electron chi connectivity index (χ1n) is 21.3. The van der Waals surface area contributed by atoms with Crippen molar-refractivity contribution in [3.8, 4) is 0 Å². The lowest BCUT2D eigenvalue weighted by Gasteiger charge is -2.48. The van der Waals surface area contributed by atoms with Gasteiger partial charge in [-0.15, -0.1) is 0 Å². The first kappa shape index (κ1) is 48.4. The van der Waals surface area contributed by atoms with Crippen molar-refractivity contribution in [2.75, 3.05) is 0 Å². The molecule has 5 aliphatic heterocycles. The van der Waals surface area contributed by atoms with E-state index in [1.54, 1.807) is 47.6 Å². The quantitative estimate of drug-likeness (QED) is 0.0792. The maximum absolute atomic E-state index is 13.1. The monoisotopic (exact) mass is 880 g/mol. The van der Waals surface area contributed by atoms with Gasteiger partial charge < -0.3 is 41.1 Å². The number of aliphatic imine (C=N–C) groups is 3. The number of hydrogen-bond acceptors (Lipinski definition) is 11. The molecule has 0 unspecified atom stereocenters.